The average Bonchev–Trinajstić information content (AvgIpc) is 2.18. The minimum absolute atomic E-state index is 0.0752. The highest BCUT2D eigenvalue weighted by Crippen LogP contribution is 2.03. The lowest BCUT2D eigenvalue weighted by molar-refractivity contribution is -0.116. The summed E-state index contributed by atoms with van der Waals surface area (Å²) < 4.78 is 0. The Kier molecular flexibility index (Phi) is 3.43. The number of carbonyl (C=O) groups excluding carboxylic acids is 2. The molecular formula is C10H10N2O2. The smallest absolute Gasteiger partial charge is 0.265 e. The minimum Gasteiger partial charge on any atom is -0.364 e. The van der Waals surface area contributed by atoms with E-state index in [9.17, 15) is 9.59 Å². The zero-order valence-electron chi connectivity index (χ0n) is 7.44. The second-order valence-corrected chi connectivity index (χ2v) is 2.60. The molecule has 2 amide bonds. The van der Waals surface area contributed by atoms with Gasteiger partial charge < -0.3 is 11.1 Å². The molecule has 1 aromatic carbocycles. The van der Waals surface area contributed by atoms with Gasteiger partial charge in [0.25, 0.3) is 5.91 Å². The molecule has 1 rings (SSSR count). The normalized spacial score (nSPS) is 10.7. The van der Waals surface area contributed by atoms with Gasteiger partial charge in [-0.1, -0.05) is 30.3 Å². The summed E-state index contributed by atoms with van der Waals surface area (Å²) in [6.45, 7) is 0. The van der Waals surface area contributed by atoms with Gasteiger partial charge in [-0.15, -0.1) is 0 Å². The third kappa shape index (κ3) is 2.75. The maximum Gasteiger partial charge on any atom is 0.265 e. The van der Waals surface area contributed by atoms with Crippen LogP contribution in [0.25, 0.3) is 6.08 Å². The van der Waals surface area contributed by atoms with Crippen molar-refractivity contribution in [1.29, 1.82) is 0 Å². The Bertz CT molecular complexity index is 358. The highest BCUT2D eigenvalue weighted by molar-refractivity contribution is 5.97. The number of primary amides is 1. The van der Waals surface area contributed by atoms with Crippen molar-refractivity contribution in [2.24, 2.45) is 5.73 Å². The van der Waals surface area contributed by atoms with Gasteiger partial charge in [-0.05, 0) is 11.6 Å². The third-order valence-electron chi connectivity index (χ3n) is 1.59. The molecule has 0 saturated carbocycles. The number of nitrogens with one attached hydrogen (secondary N) is 1. The number of hydrogen-bond donors (Lipinski definition) is 2. The molecule has 4 nitrogen and oxygen atoms in total. The van der Waals surface area contributed by atoms with Crippen LogP contribution >= 0.6 is 0 Å². The van der Waals surface area contributed by atoms with E-state index in [0.29, 0.717) is 6.41 Å². The van der Waals surface area contributed by atoms with Gasteiger partial charge in [0, 0.05) is 0 Å². The molecule has 0 aliphatic carbocycles. The van der Waals surface area contributed by atoms with Gasteiger partial charge in [0.15, 0.2) is 0 Å². The van der Waals surface area contributed by atoms with Crippen molar-refractivity contribution in [2.75, 3.05) is 0 Å². The van der Waals surface area contributed by atoms with Crippen molar-refractivity contribution >= 4 is 18.4 Å². The number of rotatable bonds is 4. The molecule has 0 fully saturated rings. The molecule has 14 heavy (non-hydrogen) atoms. The standard InChI is InChI=1S/C10H10N2O2/c11-10(14)9(12-7-13)6-8-4-2-1-3-5-8/h1-7H,(H2,11,14)(H,12,13)/b9-6-. The first-order valence-corrected chi connectivity index (χ1v) is 4.01. The van der Waals surface area contributed by atoms with E-state index in [4.69, 9.17) is 5.73 Å². The van der Waals surface area contributed by atoms with Crippen molar-refractivity contribution in [3.63, 3.8) is 0 Å². The molecular weight excluding hydrogens is 180 g/mol. The van der Waals surface area contributed by atoms with E-state index in [1.807, 2.05) is 18.2 Å². The highest BCUT2D eigenvalue weighted by atomic mass is 16.2. The van der Waals surface area contributed by atoms with Crippen molar-refractivity contribution in [3.8, 4) is 0 Å². The summed E-state index contributed by atoms with van der Waals surface area (Å²) in [6, 6.07) is 9.11. The van der Waals surface area contributed by atoms with Crippen molar-refractivity contribution < 1.29 is 9.59 Å². The Morgan fingerprint density at radius 1 is 1.29 bits per heavy atom. The lowest BCUT2D eigenvalue weighted by Crippen LogP contribution is -2.24. The third-order valence-corrected chi connectivity index (χ3v) is 1.59. The predicted octanol–water partition coefficient (Wildman–Crippen LogP) is 0.259. The Labute approximate surface area is 81.4 Å². The van der Waals surface area contributed by atoms with E-state index in [1.54, 1.807) is 12.1 Å². The molecule has 0 aliphatic rings. The molecule has 0 radical (unpaired) electrons. The summed E-state index contributed by atoms with van der Waals surface area (Å²) in [6.07, 6.45) is 1.93. The zero-order chi connectivity index (χ0) is 10.4. The molecule has 3 N–H and O–H groups in total. The fraction of sp³-hybridized carbons (Fsp3) is 0. The molecule has 0 spiro atoms. The van der Waals surface area contributed by atoms with Crippen molar-refractivity contribution in [3.05, 3.63) is 41.6 Å². The first-order chi connectivity index (χ1) is 6.74. The van der Waals surface area contributed by atoms with Gasteiger partial charge in [0.2, 0.25) is 6.41 Å². The van der Waals surface area contributed by atoms with E-state index in [-0.39, 0.29) is 5.70 Å². The second kappa shape index (κ2) is 4.81. The molecule has 0 aromatic heterocycles. The number of nitrogens with two attached hydrogens (primary N) is 1. The molecule has 72 valence electrons. The van der Waals surface area contributed by atoms with E-state index in [1.165, 1.54) is 6.08 Å². The number of hydrogen-bond acceptors (Lipinski definition) is 2. The maximum absolute atomic E-state index is 10.8. The van der Waals surface area contributed by atoms with Crippen molar-refractivity contribution in [1.82, 2.24) is 5.32 Å². The van der Waals surface area contributed by atoms with E-state index < -0.39 is 5.91 Å². The largest absolute Gasteiger partial charge is 0.364 e. The van der Waals surface area contributed by atoms with Gasteiger partial charge in [-0.2, -0.15) is 0 Å². The van der Waals surface area contributed by atoms with Gasteiger partial charge >= 0.3 is 0 Å². The van der Waals surface area contributed by atoms with E-state index >= 15 is 0 Å². The van der Waals surface area contributed by atoms with Crippen LogP contribution in [0.5, 0.6) is 0 Å². The van der Waals surface area contributed by atoms with Gasteiger partial charge in [0.05, 0.1) is 0 Å². The second-order valence-electron chi connectivity index (χ2n) is 2.60. The molecule has 0 heterocycles. The topological polar surface area (TPSA) is 72.2 Å². The molecule has 0 aliphatic heterocycles. The monoisotopic (exact) mass is 190 g/mol. The fourth-order valence-corrected chi connectivity index (χ4v) is 0.963. The van der Waals surface area contributed by atoms with Crippen molar-refractivity contribution in [2.45, 2.75) is 0 Å². The van der Waals surface area contributed by atoms with Crippen LogP contribution in [0, 0.1) is 0 Å². The molecule has 4 heteroatoms. The van der Waals surface area contributed by atoms with Gasteiger partial charge in [-0.3, -0.25) is 9.59 Å². The Morgan fingerprint density at radius 2 is 1.93 bits per heavy atom. The molecule has 0 unspecified atom stereocenters. The Morgan fingerprint density at radius 3 is 2.43 bits per heavy atom. The van der Waals surface area contributed by atoms with Gasteiger partial charge in [0.1, 0.15) is 5.70 Å². The predicted molar refractivity (Wildman–Crippen MR) is 52.8 cm³/mol. The quantitative estimate of drug-likeness (QED) is 0.528. The van der Waals surface area contributed by atoms with Crippen LogP contribution in [-0.4, -0.2) is 12.3 Å². The first-order valence-electron chi connectivity index (χ1n) is 4.01. The summed E-state index contributed by atoms with van der Waals surface area (Å²) in [5.74, 6) is -0.666. The van der Waals surface area contributed by atoms with Crippen LogP contribution in [0.2, 0.25) is 0 Å². The molecule has 0 bridgehead atoms. The molecule has 0 saturated heterocycles. The minimum atomic E-state index is -0.666. The first kappa shape index (κ1) is 9.98. The number of amides is 2. The number of carbonyl (C=O) groups is 2. The molecule has 0 atom stereocenters. The summed E-state index contributed by atoms with van der Waals surface area (Å²) in [5, 5.41) is 2.24. The maximum atomic E-state index is 10.8. The SMILES string of the molecule is NC(=O)/C(=C/c1ccccc1)NC=O. The Balaban J connectivity index is 2.93. The lowest BCUT2D eigenvalue weighted by Gasteiger charge is -2.00. The summed E-state index contributed by atoms with van der Waals surface area (Å²) >= 11 is 0. The van der Waals surface area contributed by atoms with Gasteiger partial charge in [-0.25, -0.2) is 0 Å². The summed E-state index contributed by atoms with van der Waals surface area (Å²) in [4.78, 5) is 21.0. The zero-order valence-corrected chi connectivity index (χ0v) is 7.44. The van der Waals surface area contributed by atoms with Crippen LogP contribution in [0.1, 0.15) is 5.56 Å². The van der Waals surface area contributed by atoms with Crippen LogP contribution in [0.4, 0.5) is 0 Å². The highest BCUT2D eigenvalue weighted by Gasteiger charge is 2.02. The van der Waals surface area contributed by atoms with Crippen LogP contribution in [-0.2, 0) is 9.59 Å². The van der Waals surface area contributed by atoms with Crippen LogP contribution in [0.3, 0.4) is 0 Å². The van der Waals surface area contributed by atoms with E-state index in [2.05, 4.69) is 5.32 Å². The van der Waals surface area contributed by atoms with Crippen LogP contribution in [0.15, 0.2) is 36.0 Å². The summed E-state index contributed by atoms with van der Waals surface area (Å²) in [7, 11) is 0. The lowest BCUT2D eigenvalue weighted by atomic mass is 10.2. The average molecular weight is 190 g/mol. The fourth-order valence-electron chi connectivity index (χ4n) is 0.963. The Hall–Kier alpha value is -2.10. The summed E-state index contributed by atoms with van der Waals surface area (Å²) in [5.41, 5.74) is 5.92. The molecule has 1 aromatic rings. The van der Waals surface area contributed by atoms with E-state index in [0.717, 1.165) is 5.56 Å². The number of benzene rings is 1. The van der Waals surface area contributed by atoms with Crippen LogP contribution < -0.4 is 11.1 Å².